The molecule has 1 aromatic carbocycles. The number of hydrogen-bond acceptors (Lipinski definition) is 5. The predicted octanol–water partition coefficient (Wildman–Crippen LogP) is 1.70. The standard InChI is InChI=1S/C14H17N3O4S/c15-22(20,21)10-3-1-2-9(14(10)17(18)19)16-13-11-7-4-5-8(6-7)12(11)13/h1-3,7-8,11-13,16H,4-6H2,(H2,15,20,21)/t7-,8-,11+,12+/m0/s1. The van der Waals surface area contributed by atoms with Gasteiger partial charge in [-0.3, -0.25) is 10.1 Å². The normalized spacial score (nSPS) is 35.2. The molecule has 2 bridgehead atoms. The summed E-state index contributed by atoms with van der Waals surface area (Å²) in [5.41, 5.74) is -0.183. The van der Waals surface area contributed by atoms with E-state index in [1.165, 1.54) is 31.4 Å². The Morgan fingerprint density at radius 2 is 1.86 bits per heavy atom. The van der Waals surface area contributed by atoms with Crippen LogP contribution in [0, 0.1) is 33.8 Å². The first kappa shape index (κ1) is 14.0. The lowest BCUT2D eigenvalue weighted by atomic mass is 10.0. The van der Waals surface area contributed by atoms with Crippen LogP contribution in [0.25, 0.3) is 0 Å². The Kier molecular flexibility index (Phi) is 2.80. The molecular weight excluding hydrogens is 306 g/mol. The second kappa shape index (κ2) is 4.42. The molecule has 7 nitrogen and oxygen atoms in total. The van der Waals surface area contributed by atoms with Gasteiger partial charge in [0.25, 0.3) is 0 Å². The van der Waals surface area contributed by atoms with Gasteiger partial charge in [0.05, 0.1) is 4.92 Å². The second-order valence-electron chi connectivity index (χ2n) is 6.61. The van der Waals surface area contributed by atoms with Crippen molar-refractivity contribution >= 4 is 21.4 Å². The van der Waals surface area contributed by atoms with Crippen LogP contribution in [0.2, 0.25) is 0 Å². The molecule has 0 saturated heterocycles. The molecule has 3 aliphatic rings. The third-order valence-corrected chi connectivity index (χ3v) is 6.49. The van der Waals surface area contributed by atoms with Crippen molar-refractivity contribution in [2.75, 3.05) is 5.32 Å². The first-order valence-electron chi connectivity index (χ1n) is 7.44. The number of benzene rings is 1. The lowest BCUT2D eigenvalue weighted by Crippen LogP contribution is -2.17. The van der Waals surface area contributed by atoms with Gasteiger partial charge in [0.2, 0.25) is 10.0 Å². The maximum absolute atomic E-state index is 11.6. The van der Waals surface area contributed by atoms with E-state index in [9.17, 15) is 18.5 Å². The Hall–Kier alpha value is -1.67. The zero-order valence-corrected chi connectivity index (χ0v) is 12.6. The highest BCUT2D eigenvalue weighted by molar-refractivity contribution is 7.89. The third-order valence-electron chi connectivity index (χ3n) is 5.55. The second-order valence-corrected chi connectivity index (χ2v) is 8.14. The van der Waals surface area contributed by atoms with Crippen LogP contribution in [-0.2, 0) is 10.0 Å². The van der Waals surface area contributed by atoms with E-state index in [2.05, 4.69) is 5.32 Å². The fraction of sp³-hybridized carbons (Fsp3) is 0.571. The average Bonchev–Trinajstić information content (AvgIpc) is 2.82. The Balaban J connectivity index is 1.67. The maximum atomic E-state index is 11.6. The molecule has 118 valence electrons. The van der Waals surface area contributed by atoms with E-state index in [4.69, 9.17) is 5.14 Å². The number of para-hydroxylation sites is 1. The summed E-state index contributed by atoms with van der Waals surface area (Å²) in [6.07, 6.45) is 3.79. The van der Waals surface area contributed by atoms with Crippen molar-refractivity contribution in [3.63, 3.8) is 0 Å². The molecular formula is C14H17N3O4S. The predicted molar refractivity (Wildman–Crippen MR) is 79.7 cm³/mol. The summed E-state index contributed by atoms with van der Waals surface area (Å²) in [5.74, 6) is 2.65. The number of hydrogen-bond donors (Lipinski definition) is 2. The third kappa shape index (κ3) is 1.94. The summed E-state index contributed by atoms with van der Waals surface area (Å²) in [7, 11) is -4.13. The Labute approximate surface area is 128 Å². The number of fused-ring (bicyclic) bond motifs is 5. The molecule has 3 saturated carbocycles. The molecule has 0 aromatic heterocycles. The quantitative estimate of drug-likeness (QED) is 0.646. The van der Waals surface area contributed by atoms with Crippen molar-refractivity contribution in [1.82, 2.24) is 0 Å². The van der Waals surface area contributed by atoms with Crippen LogP contribution in [0.3, 0.4) is 0 Å². The number of primary sulfonamides is 1. The number of rotatable bonds is 4. The van der Waals surface area contributed by atoms with E-state index in [-0.39, 0.29) is 11.7 Å². The number of nitrogens with zero attached hydrogens (tertiary/aromatic N) is 1. The fourth-order valence-electron chi connectivity index (χ4n) is 4.75. The Morgan fingerprint density at radius 1 is 1.23 bits per heavy atom. The highest BCUT2D eigenvalue weighted by Crippen LogP contribution is 2.66. The van der Waals surface area contributed by atoms with E-state index in [1.54, 1.807) is 6.07 Å². The lowest BCUT2D eigenvalue weighted by molar-refractivity contribution is -0.386. The van der Waals surface area contributed by atoms with Crippen molar-refractivity contribution in [2.45, 2.75) is 30.2 Å². The maximum Gasteiger partial charge on any atom is 0.312 e. The van der Waals surface area contributed by atoms with Crippen molar-refractivity contribution in [3.05, 3.63) is 28.3 Å². The molecule has 1 aromatic rings. The minimum Gasteiger partial charge on any atom is -0.376 e. The summed E-state index contributed by atoms with van der Waals surface area (Å²) in [6.45, 7) is 0. The fourth-order valence-corrected chi connectivity index (χ4v) is 5.48. The van der Waals surface area contributed by atoms with Gasteiger partial charge in [-0.2, -0.15) is 0 Å². The molecule has 3 aliphatic carbocycles. The molecule has 0 radical (unpaired) electrons. The number of nitro benzene ring substituents is 1. The first-order valence-corrected chi connectivity index (χ1v) is 8.99. The molecule has 0 aliphatic heterocycles. The SMILES string of the molecule is NS(=O)(=O)c1cccc(NC2[C@@H]3[C@H]4CC[C@@H](C4)[C@@H]23)c1[N+](=O)[O-]. The molecule has 8 heteroatoms. The van der Waals surface area contributed by atoms with Gasteiger partial charge in [-0.25, -0.2) is 13.6 Å². The number of nitro groups is 1. The highest BCUT2D eigenvalue weighted by Gasteiger charge is 2.65. The molecule has 0 unspecified atom stereocenters. The Morgan fingerprint density at radius 3 is 2.41 bits per heavy atom. The number of nitrogens with two attached hydrogens (primary N) is 1. The molecule has 4 atom stereocenters. The minimum absolute atomic E-state index is 0.237. The summed E-state index contributed by atoms with van der Waals surface area (Å²) in [6, 6.07) is 4.46. The Bertz CT molecular complexity index is 747. The summed E-state index contributed by atoms with van der Waals surface area (Å²) >= 11 is 0. The van der Waals surface area contributed by atoms with Crippen molar-refractivity contribution in [1.29, 1.82) is 0 Å². The van der Waals surface area contributed by atoms with E-state index >= 15 is 0 Å². The first-order chi connectivity index (χ1) is 10.4. The molecule has 3 N–H and O–H groups in total. The van der Waals surface area contributed by atoms with Gasteiger partial charge in [-0.15, -0.1) is 0 Å². The summed E-state index contributed by atoms with van der Waals surface area (Å²) < 4.78 is 23.1. The van der Waals surface area contributed by atoms with Gasteiger partial charge < -0.3 is 5.32 Å². The lowest BCUT2D eigenvalue weighted by Gasteiger charge is -2.13. The molecule has 0 amide bonds. The molecule has 0 heterocycles. The van der Waals surface area contributed by atoms with Gasteiger partial charge in [0, 0.05) is 6.04 Å². The smallest absolute Gasteiger partial charge is 0.312 e. The molecule has 22 heavy (non-hydrogen) atoms. The topological polar surface area (TPSA) is 115 Å². The van der Waals surface area contributed by atoms with Crippen molar-refractivity contribution in [3.8, 4) is 0 Å². The molecule has 3 fully saturated rings. The van der Waals surface area contributed by atoms with E-state index in [1.807, 2.05) is 0 Å². The van der Waals surface area contributed by atoms with Crippen LogP contribution >= 0.6 is 0 Å². The molecule has 4 rings (SSSR count). The zero-order valence-electron chi connectivity index (χ0n) is 11.8. The monoisotopic (exact) mass is 323 g/mol. The number of anilines is 1. The summed E-state index contributed by atoms with van der Waals surface area (Å²) in [4.78, 5) is 10.2. The average molecular weight is 323 g/mol. The summed E-state index contributed by atoms with van der Waals surface area (Å²) in [5, 5.41) is 19.6. The van der Waals surface area contributed by atoms with Crippen molar-refractivity contribution in [2.24, 2.45) is 28.8 Å². The van der Waals surface area contributed by atoms with Gasteiger partial charge in [0.15, 0.2) is 4.90 Å². The van der Waals surface area contributed by atoms with Gasteiger partial charge in [-0.05, 0) is 55.1 Å². The van der Waals surface area contributed by atoms with E-state index < -0.39 is 25.5 Å². The van der Waals surface area contributed by atoms with Crippen LogP contribution in [0.5, 0.6) is 0 Å². The van der Waals surface area contributed by atoms with Crippen LogP contribution in [-0.4, -0.2) is 19.4 Å². The van der Waals surface area contributed by atoms with E-state index in [0.29, 0.717) is 11.8 Å². The highest BCUT2D eigenvalue weighted by atomic mass is 32.2. The van der Waals surface area contributed by atoms with Gasteiger partial charge in [-0.1, -0.05) is 6.07 Å². The zero-order chi connectivity index (χ0) is 15.6. The van der Waals surface area contributed by atoms with Crippen LogP contribution < -0.4 is 10.5 Å². The van der Waals surface area contributed by atoms with Gasteiger partial charge in [0.1, 0.15) is 5.69 Å². The van der Waals surface area contributed by atoms with E-state index in [0.717, 1.165) is 11.8 Å². The van der Waals surface area contributed by atoms with Crippen LogP contribution in [0.4, 0.5) is 11.4 Å². The largest absolute Gasteiger partial charge is 0.376 e. The molecule has 0 spiro atoms. The minimum atomic E-state index is -4.13. The van der Waals surface area contributed by atoms with Crippen LogP contribution in [0.15, 0.2) is 23.1 Å². The number of nitrogens with one attached hydrogen (secondary N) is 1. The number of sulfonamides is 1. The van der Waals surface area contributed by atoms with Crippen LogP contribution in [0.1, 0.15) is 19.3 Å². The van der Waals surface area contributed by atoms with Crippen molar-refractivity contribution < 1.29 is 13.3 Å². The van der Waals surface area contributed by atoms with Gasteiger partial charge >= 0.3 is 5.69 Å².